The summed E-state index contributed by atoms with van der Waals surface area (Å²) < 4.78 is 32.8. The molecule has 0 spiro atoms. The number of halogens is 2. The van der Waals surface area contributed by atoms with E-state index in [0.717, 1.165) is 6.07 Å². The number of ether oxygens (including phenoxy) is 1. The number of hydrogen-bond donors (Lipinski definition) is 1. The van der Waals surface area contributed by atoms with Crippen LogP contribution < -0.4 is 0 Å². The van der Waals surface area contributed by atoms with Crippen molar-refractivity contribution in [3.05, 3.63) is 59.4 Å². The molecule has 22 heavy (non-hydrogen) atoms. The van der Waals surface area contributed by atoms with Gasteiger partial charge < -0.3 is 9.84 Å². The first kappa shape index (κ1) is 14.9. The Morgan fingerprint density at radius 2 is 1.95 bits per heavy atom. The van der Waals surface area contributed by atoms with E-state index in [-0.39, 0.29) is 11.4 Å². The van der Waals surface area contributed by atoms with E-state index in [0.29, 0.717) is 31.9 Å². The molecule has 1 saturated heterocycles. The summed E-state index contributed by atoms with van der Waals surface area (Å²) in [6, 6.07) is 6.02. The van der Waals surface area contributed by atoms with Crippen LogP contribution in [0.15, 0.2) is 36.5 Å². The third kappa shape index (κ3) is 2.93. The van der Waals surface area contributed by atoms with Gasteiger partial charge in [-0.3, -0.25) is 9.88 Å². The molecule has 1 fully saturated rings. The topological polar surface area (TPSA) is 45.6 Å². The first-order valence-electron chi connectivity index (χ1n) is 7.07. The molecule has 4 nitrogen and oxygen atoms in total. The zero-order valence-electron chi connectivity index (χ0n) is 11.9. The molecule has 0 bridgehead atoms. The van der Waals surface area contributed by atoms with Crippen LogP contribution in [-0.4, -0.2) is 41.3 Å². The van der Waals surface area contributed by atoms with Crippen LogP contribution in [0.2, 0.25) is 0 Å². The van der Waals surface area contributed by atoms with E-state index in [4.69, 9.17) is 4.74 Å². The van der Waals surface area contributed by atoms with Crippen LogP contribution in [0, 0.1) is 11.6 Å². The number of phenols is 1. The molecule has 2 aromatic rings. The minimum atomic E-state index is -0.578. The quantitative estimate of drug-likeness (QED) is 0.946. The molecule has 1 aromatic heterocycles. The fraction of sp³-hybridized carbons (Fsp3) is 0.312. The van der Waals surface area contributed by atoms with Gasteiger partial charge in [-0.05, 0) is 18.2 Å². The average molecular weight is 306 g/mol. The van der Waals surface area contributed by atoms with E-state index in [1.54, 1.807) is 0 Å². The van der Waals surface area contributed by atoms with Gasteiger partial charge in [0.05, 0.1) is 24.9 Å². The molecule has 1 atom stereocenters. The molecule has 6 heteroatoms. The molecular formula is C16H16F2N2O2. The van der Waals surface area contributed by atoms with Crippen LogP contribution in [-0.2, 0) is 4.74 Å². The minimum Gasteiger partial charge on any atom is -0.507 e. The number of benzene rings is 1. The summed E-state index contributed by atoms with van der Waals surface area (Å²) in [6.45, 7) is 2.20. The Morgan fingerprint density at radius 3 is 2.64 bits per heavy atom. The highest BCUT2D eigenvalue weighted by molar-refractivity contribution is 5.39. The molecule has 1 aliphatic rings. The Hall–Kier alpha value is -2.05. The van der Waals surface area contributed by atoms with Crippen LogP contribution in [0.4, 0.5) is 8.78 Å². The molecule has 1 aliphatic heterocycles. The Balaban J connectivity index is 2.08. The smallest absolute Gasteiger partial charge is 0.146 e. The summed E-state index contributed by atoms with van der Waals surface area (Å²) in [5.41, 5.74) is 0.646. The van der Waals surface area contributed by atoms with Gasteiger partial charge in [0.25, 0.3) is 0 Å². The maximum absolute atomic E-state index is 14.2. The van der Waals surface area contributed by atoms with E-state index in [2.05, 4.69) is 4.98 Å². The highest BCUT2D eigenvalue weighted by Crippen LogP contribution is 2.35. The number of nitrogens with zero attached hydrogens (tertiary/aromatic N) is 2. The summed E-state index contributed by atoms with van der Waals surface area (Å²) in [7, 11) is 0. The summed E-state index contributed by atoms with van der Waals surface area (Å²) >= 11 is 0. The minimum absolute atomic E-state index is 0.207. The Kier molecular flexibility index (Phi) is 4.31. The fourth-order valence-electron chi connectivity index (χ4n) is 2.70. The van der Waals surface area contributed by atoms with E-state index in [9.17, 15) is 13.9 Å². The summed E-state index contributed by atoms with van der Waals surface area (Å²) in [4.78, 5) is 6.11. The van der Waals surface area contributed by atoms with Crippen molar-refractivity contribution in [1.82, 2.24) is 9.88 Å². The van der Waals surface area contributed by atoms with Crippen LogP contribution >= 0.6 is 0 Å². The van der Waals surface area contributed by atoms with Crippen LogP contribution in [0.25, 0.3) is 0 Å². The number of hydrogen-bond acceptors (Lipinski definition) is 4. The molecule has 0 amide bonds. The summed E-state index contributed by atoms with van der Waals surface area (Å²) in [5.74, 6) is -1.20. The predicted octanol–water partition coefficient (Wildman–Crippen LogP) is 2.49. The lowest BCUT2D eigenvalue weighted by molar-refractivity contribution is 0.0221. The second-order valence-corrected chi connectivity index (χ2v) is 5.12. The Morgan fingerprint density at radius 1 is 1.18 bits per heavy atom. The molecule has 1 N–H and O–H groups in total. The van der Waals surface area contributed by atoms with Crippen LogP contribution in [0.5, 0.6) is 5.75 Å². The largest absolute Gasteiger partial charge is 0.507 e. The molecule has 0 radical (unpaired) electrons. The standard InChI is InChI=1S/C16H16F2N2O2/c17-11-3-4-12(14(21)10-11)16(20-6-8-22-9-7-20)15-13(18)2-1-5-19-15/h1-5,10,16,21H,6-9H2. The number of phenolic OH excluding ortho intramolecular Hbond substituents is 1. The lowest BCUT2D eigenvalue weighted by Crippen LogP contribution is -2.40. The van der Waals surface area contributed by atoms with Gasteiger partial charge in [-0.25, -0.2) is 8.78 Å². The van der Waals surface area contributed by atoms with Crippen molar-refractivity contribution in [3.63, 3.8) is 0 Å². The van der Waals surface area contributed by atoms with E-state index >= 15 is 0 Å². The average Bonchev–Trinajstić information content (AvgIpc) is 2.52. The number of pyridine rings is 1. The van der Waals surface area contributed by atoms with Crippen molar-refractivity contribution < 1.29 is 18.6 Å². The number of aromatic nitrogens is 1. The molecule has 0 aliphatic carbocycles. The lowest BCUT2D eigenvalue weighted by Gasteiger charge is -2.34. The van der Waals surface area contributed by atoms with Gasteiger partial charge in [0, 0.05) is 30.9 Å². The van der Waals surface area contributed by atoms with Gasteiger partial charge in [0.2, 0.25) is 0 Å². The number of aromatic hydroxyl groups is 1. The van der Waals surface area contributed by atoms with Crippen molar-refractivity contribution in [1.29, 1.82) is 0 Å². The Labute approximate surface area is 127 Å². The number of morpholine rings is 1. The van der Waals surface area contributed by atoms with Gasteiger partial charge in [-0.2, -0.15) is 0 Å². The SMILES string of the molecule is Oc1cc(F)ccc1C(c1ncccc1F)N1CCOCC1. The first-order valence-corrected chi connectivity index (χ1v) is 7.07. The van der Waals surface area contributed by atoms with Crippen LogP contribution in [0.1, 0.15) is 17.3 Å². The van der Waals surface area contributed by atoms with Crippen molar-refractivity contribution in [3.8, 4) is 5.75 Å². The molecule has 2 heterocycles. The zero-order valence-corrected chi connectivity index (χ0v) is 11.9. The molecule has 1 aromatic carbocycles. The van der Waals surface area contributed by atoms with E-state index in [1.807, 2.05) is 4.90 Å². The van der Waals surface area contributed by atoms with E-state index in [1.165, 1.54) is 30.5 Å². The lowest BCUT2D eigenvalue weighted by atomic mass is 9.99. The first-order chi connectivity index (χ1) is 10.7. The monoisotopic (exact) mass is 306 g/mol. The molecule has 3 rings (SSSR count). The summed E-state index contributed by atoms with van der Waals surface area (Å²) in [5, 5.41) is 10.1. The van der Waals surface area contributed by atoms with Crippen molar-refractivity contribution in [2.75, 3.05) is 26.3 Å². The van der Waals surface area contributed by atoms with Crippen molar-refractivity contribution in [2.45, 2.75) is 6.04 Å². The molecule has 0 saturated carbocycles. The molecule has 1 unspecified atom stereocenters. The fourth-order valence-corrected chi connectivity index (χ4v) is 2.70. The van der Waals surface area contributed by atoms with Gasteiger partial charge in [0.1, 0.15) is 17.4 Å². The normalized spacial score (nSPS) is 17.4. The Bertz CT molecular complexity index is 660. The predicted molar refractivity (Wildman–Crippen MR) is 76.5 cm³/mol. The second kappa shape index (κ2) is 6.37. The second-order valence-electron chi connectivity index (χ2n) is 5.12. The van der Waals surface area contributed by atoms with Crippen molar-refractivity contribution in [2.24, 2.45) is 0 Å². The van der Waals surface area contributed by atoms with E-state index < -0.39 is 17.7 Å². The number of rotatable bonds is 3. The third-order valence-corrected chi connectivity index (χ3v) is 3.74. The van der Waals surface area contributed by atoms with Gasteiger partial charge >= 0.3 is 0 Å². The highest BCUT2D eigenvalue weighted by atomic mass is 19.1. The van der Waals surface area contributed by atoms with Gasteiger partial charge in [-0.1, -0.05) is 6.07 Å². The maximum Gasteiger partial charge on any atom is 0.146 e. The third-order valence-electron chi connectivity index (χ3n) is 3.74. The summed E-state index contributed by atoms with van der Waals surface area (Å²) in [6.07, 6.45) is 1.51. The highest BCUT2D eigenvalue weighted by Gasteiger charge is 2.29. The zero-order chi connectivity index (χ0) is 15.5. The van der Waals surface area contributed by atoms with Crippen molar-refractivity contribution >= 4 is 0 Å². The molecule has 116 valence electrons. The maximum atomic E-state index is 14.2. The van der Waals surface area contributed by atoms with Crippen LogP contribution in [0.3, 0.4) is 0 Å². The van der Waals surface area contributed by atoms with Gasteiger partial charge in [0.15, 0.2) is 0 Å². The molecular weight excluding hydrogens is 290 g/mol. The van der Waals surface area contributed by atoms with Gasteiger partial charge in [-0.15, -0.1) is 0 Å².